The zero-order valence-electron chi connectivity index (χ0n) is 6.44. The van der Waals surface area contributed by atoms with E-state index in [9.17, 15) is 0 Å². The second-order valence-corrected chi connectivity index (χ2v) is 5.90. The maximum absolute atomic E-state index is 2.39. The van der Waals surface area contributed by atoms with Crippen molar-refractivity contribution >= 4 is 8.80 Å². The summed E-state index contributed by atoms with van der Waals surface area (Å²) in [5.74, 6) is 0. The molecule has 0 amide bonds. The monoisotopic (exact) mass is 131 g/mol. The average molecular weight is 131 g/mol. The Morgan fingerprint density at radius 3 is 2.00 bits per heavy atom. The lowest BCUT2D eigenvalue weighted by Crippen LogP contribution is -2.27. The van der Waals surface area contributed by atoms with Gasteiger partial charge in [-0.2, -0.15) is 0 Å². The first-order valence-corrected chi connectivity index (χ1v) is 6.48. The van der Waals surface area contributed by atoms with Gasteiger partial charge in [0.1, 0.15) is 0 Å². The molecule has 0 aliphatic heterocycles. The van der Waals surface area contributed by atoms with Crippen LogP contribution in [0.15, 0.2) is 0 Å². The fraction of sp³-hybridized carbons (Fsp3) is 1.00. The van der Waals surface area contributed by atoms with Crippen molar-refractivity contribution in [3.05, 3.63) is 0 Å². The van der Waals surface area contributed by atoms with Gasteiger partial charge in [0.2, 0.25) is 0 Å². The summed E-state index contributed by atoms with van der Waals surface area (Å²) in [5.41, 5.74) is 0. The van der Waals surface area contributed by atoms with Crippen LogP contribution in [0.4, 0.5) is 0 Å². The fourth-order valence-corrected chi connectivity index (χ4v) is 2.26. The lowest BCUT2D eigenvalue weighted by atomic mass is 10.7. The van der Waals surface area contributed by atoms with E-state index in [4.69, 9.17) is 0 Å². The minimum absolute atomic E-state index is 0.320. The number of rotatable bonds is 3. The van der Waals surface area contributed by atoms with E-state index in [1.165, 1.54) is 12.7 Å². The summed E-state index contributed by atoms with van der Waals surface area (Å²) in [6, 6.07) is 0. The Balaban J connectivity index is 3.10. The molecule has 0 rings (SSSR count). The molecule has 0 saturated heterocycles. The third-order valence-corrected chi connectivity index (χ3v) is 2.57. The average Bonchev–Trinajstić information content (AvgIpc) is 1.65. The van der Waals surface area contributed by atoms with Gasteiger partial charge >= 0.3 is 0 Å². The van der Waals surface area contributed by atoms with E-state index in [1.54, 1.807) is 0 Å². The van der Waals surface area contributed by atoms with Gasteiger partial charge in [-0.25, -0.2) is 0 Å². The molecule has 0 aromatic heterocycles. The van der Waals surface area contributed by atoms with Crippen molar-refractivity contribution < 1.29 is 0 Å². The highest BCUT2D eigenvalue weighted by molar-refractivity contribution is 6.55. The molecule has 0 radical (unpaired) electrons. The summed E-state index contributed by atoms with van der Waals surface area (Å²) in [7, 11) is 1.87. The summed E-state index contributed by atoms with van der Waals surface area (Å²) in [5, 5.41) is 0. The molecular weight excluding hydrogens is 114 g/mol. The zero-order chi connectivity index (χ0) is 6.57. The second kappa shape index (κ2) is 4.10. The normalized spacial score (nSPS) is 11.2. The molecule has 0 saturated carbocycles. The molecule has 0 N–H and O–H groups in total. The van der Waals surface area contributed by atoms with Crippen molar-refractivity contribution in [2.45, 2.75) is 20.0 Å². The SMILES string of the molecule is CCN(C)C[SiH](C)C. The number of hydrogen-bond donors (Lipinski definition) is 0. The fourth-order valence-electron chi connectivity index (χ4n) is 0.752. The number of nitrogens with zero attached hydrogens (tertiary/aromatic N) is 1. The van der Waals surface area contributed by atoms with E-state index in [1.807, 2.05) is 0 Å². The second-order valence-electron chi connectivity index (χ2n) is 2.75. The standard InChI is InChI=1S/C6H17NSi/c1-5-7(2)6-8(3)4/h8H,5-6H2,1-4H3. The van der Waals surface area contributed by atoms with Crippen LogP contribution in [0.1, 0.15) is 6.92 Å². The van der Waals surface area contributed by atoms with Crippen molar-refractivity contribution in [3.8, 4) is 0 Å². The Morgan fingerprint density at radius 2 is 1.88 bits per heavy atom. The van der Waals surface area contributed by atoms with Gasteiger partial charge in [-0.3, -0.25) is 0 Å². The Kier molecular flexibility index (Phi) is 4.19. The molecule has 1 nitrogen and oxygen atoms in total. The molecule has 0 heterocycles. The molecule has 8 heavy (non-hydrogen) atoms. The molecule has 0 spiro atoms. The van der Waals surface area contributed by atoms with Crippen LogP contribution in [0.2, 0.25) is 13.1 Å². The van der Waals surface area contributed by atoms with E-state index in [-0.39, 0.29) is 8.80 Å². The van der Waals surface area contributed by atoms with Gasteiger partial charge in [0.25, 0.3) is 0 Å². The van der Waals surface area contributed by atoms with Crippen molar-refractivity contribution in [3.63, 3.8) is 0 Å². The maximum atomic E-state index is 2.39. The highest BCUT2D eigenvalue weighted by Crippen LogP contribution is 1.84. The molecule has 0 unspecified atom stereocenters. The van der Waals surface area contributed by atoms with E-state index < -0.39 is 0 Å². The van der Waals surface area contributed by atoms with E-state index >= 15 is 0 Å². The quantitative estimate of drug-likeness (QED) is 0.516. The molecular formula is C6H17NSi. The molecule has 0 aromatic carbocycles. The molecule has 0 aliphatic carbocycles. The Morgan fingerprint density at radius 1 is 1.38 bits per heavy atom. The summed E-state index contributed by atoms with van der Waals surface area (Å²) in [4.78, 5) is 2.39. The first-order chi connectivity index (χ1) is 3.66. The zero-order valence-corrected chi connectivity index (χ0v) is 7.59. The van der Waals surface area contributed by atoms with E-state index in [0.29, 0.717) is 0 Å². The van der Waals surface area contributed by atoms with Crippen molar-refractivity contribution in [2.24, 2.45) is 0 Å². The Hall–Kier alpha value is 0.177. The molecule has 0 atom stereocenters. The van der Waals surface area contributed by atoms with Crippen LogP contribution < -0.4 is 0 Å². The van der Waals surface area contributed by atoms with E-state index in [0.717, 1.165) is 0 Å². The number of hydrogen-bond acceptors (Lipinski definition) is 1. The maximum Gasteiger partial charge on any atom is 0.0469 e. The minimum atomic E-state index is -0.320. The Labute approximate surface area is 54.3 Å². The van der Waals surface area contributed by atoms with Crippen molar-refractivity contribution in [2.75, 3.05) is 19.8 Å². The molecule has 0 bridgehead atoms. The van der Waals surface area contributed by atoms with Crippen molar-refractivity contribution in [1.29, 1.82) is 0 Å². The van der Waals surface area contributed by atoms with E-state index in [2.05, 4.69) is 32.0 Å². The van der Waals surface area contributed by atoms with Gasteiger partial charge < -0.3 is 4.90 Å². The van der Waals surface area contributed by atoms with Gasteiger partial charge in [0.15, 0.2) is 0 Å². The Bertz CT molecular complexity index is 54.5. The molecule has 0 fully saturated rings. The minimum Gasteiger partial charge on any atom is -0.310 e. The van der Waals surface area contributed by atoms with Crippen LogP contribution in [0.25, 0.3) is 0 Å². The van der Waals surface area contributed by atoms with Crippen LogP contribution in [-0.4, -0.2) is 33.5 Å². The summed E-state index contributed by atoms with van der Waals surface area (Å²) >= 11 is 0. The highest BCUT2D eigenvalue weighted by Gasteiger charge is 1.97. The van der Waals surface area contributed by atoms with Gasteiger partial charge in [-0.05, 0) is 19.8 Å². The molecule has 2 heteroatoms. The van der Waals surface area contributed by atoms with Gasteiger partial charge in [-0.1, -0.05) is 20.0 Å². The molecule has 0 aliphatic rings. The van der Waals surface area contributed by atoms with Gasteiger partial charge in [0, 0.05) is 8.80 Å². The third kappa shape index (κ3) is 4.34. The molecule has 0 aromatic rings. The summed E-state index contributed by atoms with van der Waals surface area (Å²) in [6.45, 7) is 8.17. The smallest absolute Gasteiger partial charge is 0.0469 e. The first kappa shape index (κ1) is 8.18. The third-order valence-electron chi connectivity index (χ3n) is 1.22. The predicted octanol–water partition coefficient (Wildman–Crippen LogP) is 0.964. The molecule has 50 valence electrons. The summed E-state index contributed by atoms with van der Waals surface area (Å²) in [6.07, 6.45) is 1.36. The van der Waals surface area contributed by atoms with Gasteiger partial charge in [0.05, 0.1) is 0 Å². The van der Waals surface area contributed by atoms with Crippen LogP contribution in [0.3, 0.4) is 0 Å². The largest absolute Gasteiger partial charge is 0.310 e. The first-order valence-electron chi connectivity index (χ1n) is 3.35. The van der Waals surface area contributed by atoms with Crippen LogP contribution in [-0.2, 0) is 0 Å². The van der Waals surface area contributed by atoms with Crippen LogP contribution in [0.5, 0.6) is 0 Å². The van der Waals surface area contributed by atoms with Gasteiger partial charge in [-0.15, -0.1) is 0 Å². The predicted molar refractivity (Wildman–Crippen MR) is 42.0 cm³/mol. The topological polar surface area (TPSA) is 3.24 Å². The lowest BCUT2D eigenvalue weighted by molar-refractivity contribution is 0.408. The lowest BCUT2D eigenvalue weighted by Gasteiger charge is -2.14. The van der Waals surface area contributed by atoms with Crippen LogP contribution >= 0.6 is 0 Å². The highest BCUT2D eigenvalue weighted by atomic mass is 28.3. The summed E-state index contributed by atoms with van der Waals surface area (Å²) < 4.78 is 0. The van der Waals surface area contributed by atoms with Crippen LogP contribution in [0, 0.1) is 0 Å². The van der Waals surface area contributed by atoms with Crippen molar-refractivity contribution in [1.82, 2.24) is 4.90 Å².